The normalized spacial score (nSPS) is 11.2. The van der Waals surface area contributed by atoms with Crippen LogP contribution in [0.3, 0.4) is 0 Å². The molecule has 0 saturated heterocycles. The number of aromatic hydroxyl groups is 2. The number of hydrogen-bond acceptors (Lipinski definition) is 2. The van der Waals surface area contributed by atoms with E-state index < -0.39 is 0 Å². The summed E-state index contributed by atoms with van der Waals surface area (Å²) in [6, 6.07) is 15.7. The van der Waals surface area contributed by atoms with Crippen LogP contribution in [0, 0.1) is 0 Å². The number of hydrogen-bond donors (Lipinski definition) is 2. The molecule has 0 spiro atoms. The summed E-state index contributed by atoms with van der Waals surface area (Å²) in [7, 11) is 0. The predicted molar refractivity (Wildman–Crippen MR) is 79.3 cm³/mol. The molecule has 0 unspecified atom stereocenters. The van der Waals surface area contributed by atoms with Gasteiger partial charge < -0.3 is 10.2 Å². The Hall–Kier alpha value is -2.81. The third-order valence-corrected chi connectivity index (χ3v) is 2.99. The van der Waals surface area contributed by atoms with Crippen molar-refractivity contribution in [3.05, 3.63) is 65.9 Å². The fourth-order valence-corrected chi connectivity index (χ4v) is 1.94. The molecular weight excluding hydrogens is 252 g/mol. The lowest BCUT2D eigenvalue weighted by Crippen LogP contribution is -1.76. The highest BCUT2D eigenvalue weighted by molar-refractivity contribution is 5.79. The molecule has 20 heavy (non-hydrogen) atoms. The minimum atomic E-state index is 0.181. The van der Waals surface area contributed by atoms with Gasteiger partial charge in [-0.25, -0.2) is 4.42 Å². The van der Waals surface area contributed by atoms with Crippen LogP contribution in [-0.4, -0.2) is 10.2 Å². The van der Waals surface area contributed by atoms with Crippen molar-refractivity contribution in [3.8, 4) is 11.5 Å². The minimum Gasteiger partial charge on any atom is -0.508 e. The molecule has 0 radical (unpaired) electrons. The number of fused-ring (bicyclic) bond motifs is 1. The zero-order valence-corrected chi connectivity index (χ0v) is 10.7. The summed E-state index contributed by atoms with van der Waals surface area (Å²) in [5.41, 5.74) is 1.60. The molecule has 3 nitrogen and oxygen atoms in total. The van der Waals surface area contributed by atoms with E-state index in [2.05, 4.69) is 0 Å². The minimum absolute atomic E-state index is 0.181. The van der Waals surface area contributed by atoms with Gasteiger partial charge in [0.2, 0.25) is 0 Å². The second-order valence-electron chi connectivity index (χ2n) is 4.48. The fourth-order valence-electron chi connectivity index (χ4n) is 1.94. The van der Waals surface area contributed by atoms with Gasteiger partial charge in [-0.2, -0.15) is 0 Å². The van der Waals surface area contributed by atoms with Crippen LogP contribution in [0.5, 0.6) is 11.5 Å². The van der Waals surface area contributed by atoms with E-state index in [1.54, 1.807) is 24.3 Å². The Labute approximate surface area is 116 Å². The summed E-state index contributed by atoms with van der Waals surface area (Å²) in [5, 5.41) is 19.6. The van der Waals surface area contributed by atoms with Gasteiger partial charge in [0.1, 0.15) is 11.5 Å². The molecule has 3 rings (SSSR count). The number of phenols is 2. The molecule has 2 N–H and O–H groups in total. The molecule has 1 aromatic heterocycles. The van der Waals surface area contributed by atoms with E-state index in [1.807, 2.05) is 42.5 Å². The van der Waals surface area contributed by atoms with Gasteiger partial charge in [0, 0.05) is 12.1 Å². The maximum absolute atomic E-state index is 9.45. The summed E-state index contributed by atoms with van der Waals surface area (Å²) in [6.07, 6.45) is 3.74. The van der Waals surface area contributed by atoms with Crippen molar-refractivity contribution in [2.75, 3.05) is 0 Å². The molecule has 3 aromatic rings. The Morgan fingerprint density at radius 1 is 0.750 bits per heavy atom. The second kappa shape index (κ2) is 5.05. The molecule has 1 heterocycles. The molecule has 0 fully saturated rings. The Bertz CT molecular complexity index is 774. The van der Waals surface area contributed by atoms with Crippen LogP contribution in [0.2, 0.25) is 0 Å². The average Bonchev–Trinajstić information content (AvgIpc) is 2.46. The first-order valence-corrected chi connectivity index (χ1v) is 6.24. The van der Waals surface area contributed by atoms with Crippen molar-refractivity contribution in [2.24, 2.45) is 0 Å². The van der Waals surface area contributed by atoms with Crippen molar-refractivity contribution < 1.29 is 14.6 Å². The van der Waals surface area contributed by atoms with Gasteiger partial charge >= 0.3 is 11.3 Å². The maximum Gasteiger partial charge on any atom is 0.364 e. The molecule has 0 aliphatic heterocycles. The van der Waals surface area contributed by atoms with E-state index in [4.69, 9.17) is 4.42 Å². The standard InChI is InChI=1S/C17H12O3/c18-14-6-1-12(2-7-14)3-9-16-10-5-13-4-8-15(19)11-17(13)20-16/h1-11H,(H-,18,19)/p+1/b9-3+. The molecule has 0 aliphatic rings. The fraction of sp³-hybridized carbons (Fsp3) is 0. The van der Waals surface area contributed by atoms with Crippen LogP contribution >= 0.6 is 0 Å². The Morgan fingerprint density at radius 2 is 1.45 bits per heavy atom. The maximum atomic E-state index is 9.45. The van der Waals surface area contributed by atoms with Gasteiger partial charge in [-0.15, -0.1) is 0 Å². The molecule has 0 amide bonds. The highest BCUT2D eigenvalue weighted by Gasteiger charge is 2.09. The smallest absolute Gasteiger partial charge is 0.364 e. The lowest BCUT2D eigenvalue weighted by atomic mass is 10.2. The molecule has 0 bridgehead atoms. The van der Waals surface area contributed by atoms with E-state index in [0.29, 0.717) is 11.3 Å². The molecule has 98 valence electrons. The average molecular weight is 265 g/mol. The molecule has 3 heteroatoms. The van der Waals surface area contributed by atoms with Crippen LogP contribution in [0.1, 0.15) is 11.3 Å². The summed E-state index contributed by atoms with van der Waals surface area (Å²) >= 11 is 0. The first-order chi connectivity index (χ1) is 9.70. The Kier molecular flexibility index (Phi) is 3.09. The summed E-state index contributed by atoms with van der Waals surface area (Å²) < 4.78 is 5.69. The Morgan fingerprint density at radius 3 is 2.25 bits per heavy atom. The van der Waals surface area contributed by atoms with Crippen LogP contribution in [0.25, 0.3) is 23.1 Å². The first kappa shape index (κ1) is 12.2. The zero-order valence-electron chi connectivity index (χ0n) is 10.7. The van der Waals surface area contributed by atoms with Crippen LogP contribution < -0.4 is 0 Å². The monoisotopic (exact) mass is 265 g/mol. The van der Waals surface area contributed by atoms with E-state index in [-0.39, 0.29) is 11.5 Å². The highest BCUT2D eigenvalue weighted by atomic mass is 16.3. The van der Waals surface area contributed by atoms with Crippen molar-refractivity contribution >= 4 is 23.1 Å². The topological polar surface area (TPSA) is 51.8 Å². The molecule has 2 aromatic carbocycles. The van der Waals surface area contributed by atoms with E-state index in [0.717, 1.165) is 10.9 Å². The summed E-state index contributed by atoms with van der Waals surface area (Å²) in [5.74, 6) is 1.12. The molecule has 0 aliphatic carbocycles. The quantitative estimate of drug-likeness (QED) is 0.679. The van der Waals surface area contributed by atoms with Gasteiger partial charge in [0.05, 0.1) is 11.5 Å². The SMILES string of the molecule is Oc1ccc(/C=C/c2ccc3ccc(O)cc3[o+]2)cc1. The van der Waals surface area contributed by atoms with Crippen LogP contribution in [0.15, 0.2) is 59.0 Å². The predicted octanol–water partition coefficient (Wildman–Crippen LogP) is 4.30. The van der Waals surface area contributed by atoms with E-state index in [1.165, 1.54) is 0 Å². The van der Waals surface area contributed by atoms with Gasteiger partial charge in [-0.05, 0) is 42.0 Å². The highest BCUT2D eigenvalue weighted by Crippen LogP contribution is 2.22. The molecule has 0 atom stereocenters. The van der Waals surface area contributed by atoms with E-state index >= 15 is 0 Å². The second-order valence-corrected chi connectivity index (χ2v) is 4.48. The van der Waals surface area contributed by atoms with Crippen molar-refractivity contribution in [2.45, 2.75) is 0 Å². The Balaban J connectivity index is 1.92. The van der Waals surface area contributed by atoms with Crippen molar-refractivity contribution in [3.63, 3.8) is 0 Å². The van der Waals surface area contributed by atoms with Gasteiger partial charge in [0.15, 0.2) is 0 Å². The summed E-state index contributed by atoms with van der Waals surface area (Å²) in [4.78, 5) is 0. The van der Waals surface area contributed by atoms with Gasteiger partial charge in [-0.1, -0.05) is 12.1 Å². The zero-order chi connectivity index (χ0) is 13.9. The van der Waals surface area contributed by atoms with E-state index in [9.17, 15) is 10.2 Å². The lowest BCUT2D eigenvalue weighted by molar-refractivity contribution is 0.473. The molecule has 0 saturated carbocycles. The van der Waals surface area contributed by atoms with Crippen molar-refractivity contribution in [1.82, 2.24) is 0 Å². The number of benzene rings is 2. The van der Waals surface area contributed by atoms with Gasteiger partial charge in [0.25, 0.3) is 0 Å². The van der Waals surface area contributed by atoms with Crippen molar-refractivity contribution in [1.29, 1.82) is 0 Å². The lowest BCUT2D eigenvalue weighted by Gasteiger charge is -1.93. The third-order valence-electron chi connectivity index (χ3n) is 2.99. The largest absolute Gasteiger partial charge is 0.508 e. The van der Waals surface area contributed by atoms with Crippen LogP contribution in [-0.2, 0) is 0 Å². The third kappa shape index (κ3) is 2.62. The number of rotatable bonds is 2. The summed E-state index contributed by atoms with van der Waals surface area (Å²) in [6.45, 7) is 0. The first-order valence-electron chi connectivity index (χ1n) is 6.24. The molecular formula is C17H13O3+. The van der Waals surface area contributed by atoms with Gasteiger partial charge in [-0.3, -0.25) is 0 Å². The van der Waals surface area contributed by atoms with Crippen LogP contribution in [0.4, 0.5) is 0 Å². The number of phenolic OH excluding ortho intramolecular Hbond substituents is 2.